The molecule has 2 N–H and O–H groups in total. The molecular formula is C15H23NO3. The summed E-state index contributed by atoms with van der Waals surface area (Å²) in [6.45, 7) is 4.59. The predicted molar refractivity (Wildman–Crippen MR) is 74.4 cm³/mol. The van der Waals surface area contributed by atoms with Crippen LogP contribution in [0.1, 0.15) is 31.4 Å². The topological polar surface area (TPSA) is 52.9 Å². The van der Waals surface area contributed by atoms with E-state index in [0.717, 1.165) is 26.2 Å². The van der Waals surface area contributed by atoms with Gasteiger partial charge >= 0.3 is 0 Å². The molecule has 1 heterocycles. The molecule has 1 aliphatic rings. The molecule has 4 nitrogen and oxygen atoms in total. The van der Waals surface area contributed by atoms with Gasteiger partial charge in [0.1, 0.15) is 11.5 Å². The van der Waals surface area contributed by atoms with E-state index < -0.39 is 0 Å². The van der Waals surface area contributed by atoms with Gasteiger partial charge < -0.3 is 14.9 Å². The molecule has 0 saturated carbocycles. The van der Waals surface area contributed by atoms with Gasteiger partial charge in [-0.1, -0.05) is 6.07 Å². The maximum atomic E-state index is 9.91. The van der Waals surface area contributed by atoms with Crippen LogP contribution in [-0.2, 0) is 4.74 Å². The van der Waals surface area contributed by atoms with Gasteiger partial charge in [-0.2, -0.15) is 0 Å². The quantitative estimate of drug-likeness (QED) is 0.878. The summed E-state index contributed by atoms with van der Waals surface area (Å²) in [5.41, 5.74) is 0.599. The average Bonchev–Trinajstić information content (AvgIpc) is 2.39. The van der Waals surface area contributed by atoms with E-state index in [1.54, 1.807) is 18.2 Å². The van der Waals surface area contributed by atoms with Crippen molar-refractivity contribution in [2.45, 2.75) is 25.8 Å². The fraction of sp³-hybridized carbons (Fsp3) is 0.600. The summed E-state index contributed by atoms with van der Waals surface area (Å²) >= 11 is 0. The summed E-state index contributed by atoms with van der Waals surface area (Å²) in [6, 6.07) is 4.85. The van der Waals surface area contributed by atoms with Gasteiger partial charge in [-0.25, -0.2) is 0 Å². The smallest absolute Gasteiger partial charge is 0.124 e. The largest absolute Gasteiger partial charge is 0.507 e. The normalized spacial score (nSPS) is 21.5. The molecule has 2 unspecified atom stereocenters. The molecule has 1 aliphatic heterocycles. The van der Waals surface area contributed by atoms with Crippen LogP contribution in [-0.4, -0.2) is 41.9 Å². The minimum absolute atomic E-state index is 0.0249. The van der Waals surface area contributed by atoms with E-state index in [2.05, 4.69) is 4.90 Å². The predicted octanol–water partition coefficient (Wildman–Crippen LogP) is 2.52. The zero-order chi connectivity index (χ0) is 13.8. The third-order valence-corrected chi connectivity index (χ3v) is 3.94. The van der Waals surface area contributed by atoms with E-state index in [9.17, 15) is 10.2 Å². The summed E-state index contributed by atoms with van der Waals surface area (Å²) in [7, 11) is 2.02. The molecule has 2 atom stereocenters. The fourth-order valence-electron chi connectivity index (χ4n) is 2.71. The highest BCUT2D eigenvalue weighted by Gasteiger charge is 2.22. The van der Waals surface area contributed by atoms with Crippen molar-refractivity contribution in [1.29, 1.82) is 0 Å². The highest BCUT2D eigenvalue weighted by atomic mass is 16.5. The lowest BCUT2D eigenvalue weighted by molar-refractivity contribution is 0.0369. The molecule has 1 aromatic rings. The number of nitrogens with zero attached hydrogens (tertiary/aromatic N) is 1. The van der Waals surface area contributed by atoms with Crippen molar-refractivity contribution >= 4 is 0 Å². The van der Waals surface area contributed by atoms with Crippen LogP contribution in [0, 0.1) is 5.92 Å². The molecule has 0 spiro atoms. The van der Waals surface area contributed by atoms with Gasteiger partial charge in [-0.3, -0.25) is 4.90 Å². The lowest BCUT2D eigenvalue weighted by Gasteiger charge is -2.31. The van der Waals surface area contributed by atoms with Gasteiger partial charge in [0.15, 0.2) is 0 Å². The Bertz CT molecular complexity index is 396. The number of ether oxygens (including phenoxy) is 1. The molecule has 0 amide bonds. The Kier molecular flexibility index (Phi) is 4.66. The summed E-state index contributed by atoms with van der Waals surface area (Å²) in [4.78, 5) is 2.16. The number of hydrogen-bond donors (Lipinski definition) is 2. The summed E-state index contributed by atoms with van der Waals surface area (Å²) in [5, 5.41) is 19.8. The zero-order valence-corrected chi connectivity index (χ0v) is 11.7. The molecule has 4 heteroatoms. The first-order chi connectivity index (χ1) is 9.09. The van der Waals surface area contributed by atoms with E-state index in [1.165, 1.54) is 6.42 Å². The Labute approximate surface area is 114 Å². The number of phenolic OH excluding ortho intramolecular Hbond substituents is 2. The monoisotopic (exact) mass is 265 g/mol. The molecule has 106 valence electrons. The van der Waals surface area contributed by atoms with Gasteiger partial charge in [-0.05, 0) is 44.9 Å². The molecule has 1 aromatic carbocycles. The maximum Gasteiger partial charge on any atom is 0.124 e. The van der Waals surface area contributed by atoms with Crippen molar-refractivity contribution in [3.8, 4) is 11.5 Å². The molecule has 0 radical (unpaired) electrons. The van der Waals surface area contributed by atoms with Gasteiger partial charge in [0.25, 0.3) is 0 Å². The second kappa shape index (κ2) is 6.26. The molecule has 0 bridgehead atoms. The summed E-state index contributed by atoms with van der Waals surface area (Å²) in [5.74, 6) is 0.840. The van der Waals surface area contributed by atoms with E-state index in [4.69, 9.17) is 4.74 Å². The van der Waals surface area contributed by atoms with Crippen LogP contribution >= 0.6 is 0 Å². The van der Waals surface area contributed by atoms with Crippen molar-refractivity contribution in [2.75, 3.05) is 26.8 Å². The molecule has 2 rings (SSSR count). The third kappa shape index (κ3) is 3.39. The zero-order valence-electron chi connectivity index (χ0n) is 11.7. The first-order valence-corrected chi connectivity index (χ1v) is 6.88. The molecule has 19 heavy (non-hydrogen) atoms. The van der Waals surface area contributed by atoms with Crippen LogP contribution in [0.4, 0.5) is 0 Å². The Hall–Kier alpha value is -1.26. The Morgan fingerprint density at radius 1 is 1.37 bits per heavy atom. The number of phenols is 2. The summed E-state index contributed by atoms with van der Waals surface area (Å²) in [6.07, 6.45) is 2.30. The highest BCUT2D eigenvalue weighted by Crippen LogP contribution is 2.35. The van der Waals surface area contributed by atoms with Crippen molar-refractivity contribution < 1.29 is 14.9 Å². The third-order valence-electron chi connectivity index (χ3n) is 3.94. The lowest BCUT2D eigenvalue weighted by atomic mass is 9.99. The lowest BCUT2D eigenvalue weighted by Crippen LogP contribution is -2.32. The van der Waals surface area contributed by atoms with E-state index in [-0.39, 0.29) is 17.5 Å². The second-order valence-corrected chi connectivity index (χ2v) is 5.41. The van der Waals surface area contributed by atoms with Crippen LogP contribution in [0.2, 0.25) is 0 Å². The molecule has 0 aliphatic carbocycles. The fourth-order valence-corrected chi connectivity index (χ4v) is 2.71. The van der Waals surface area contributed by atoms with Crippen LogP contribution in [0.5, 0.6) is 11.5 Å². The standard InChI is InChI=1S/C15H23NO3/c1-11(15-13(17)6-3-7-14(15)18)16(2)9-12-5-4-8-19-10-12/h3,6-7,11-12,17-18H,4-5,8-10H2,1-2H3. The van der Waals surface area contributed by atoms with Gasteiger partial charge in [0, 0.05) is 19.2 Å². The molecule has 1 fully saturated rings. The minimum atomic E-state index is -0.0249. The Balaban J connectivity index is 2.03. The van der Waals surface area contributed by atoms with Crippen LogP contribution in [0.3, 0.4) is 0 Å². The van der Waals surface area contributed by atoms with Crippen LogP contribution < -0.4 is 0 Å². The van der Waals surface area contributed by atoms with Crippen molar-refractivity contribution in [1.82, 2.24) is 4.90 Å². The van der Waals surface area contributed by atoms with E-state index in [0.29, 0.717) is 11.5 Å². The summed E-state index contributed by atoms with van der Waals surface area (Å²) < 4.78 is 5.49. The highest BCUT2D eigenvalue weighted by molar-refractivity contribution is 5.44. The maximum absolute atomic E-state index is 9.91. The van der Waals surface area contributed by atoms with Gasteiger partial charge in [0.05, 0.1) is 12.2 Å². The number of benzene rings is 1. The number of hydrogen-bond acceptors (Lipinski definition) is 4. The van der Waals surface area contributed by atoms with Crippen LogP contribution in [0.15, 0.2) is 18.2 Å². The van der Waals surface area contributed by atoms with Gasteiger partial charge in [-0.15, -0.1) is 0 Å². The SMILES string of the molecule is CC(c1c(O)cccc1O)N(C)CC1CCCOC1. The molecular weight excluding hydrogens is 242 g/mol. The Morgan fingerprint density at radius 3 is 2.63 bits per heavy atom. The van der Waals surface area contributed by atoms with E-state index >= 15 is 0 Å². The van der Waals surface area contributed by atoms with Crippen molar-refractivity contribution in [3.05, 3.63) is 23.8 Å². The molecule has 0 aromatic heterocycles. The van der Waals surface area contributed by atoms with Gasteiger partial charge in [0.2, 0.25) is 0 Å². The van der Waals surface area contributed by atoms with Crippen molar-refractivity contribution in [3.63, 3.8) is 0 Å². The first-order valence-electron chi connectivity index (χ1n) is 6.88. The van der Waals surface area contributed by atoms with Crippen molar-refractivity contribution in [2.24, 2.45) is 5.92 Å². The second-order valence-electron chi connectivity index (χ2n) is 5.41. The minimum Gasteiger partial charge on any atom is -0.507 e. The average molecular weight is 265 g/mol. The Morgan fingerprint density at radius 2 is 2.05 bits per heavy atom. The first kappa shape index (κ1) is 14.2. The van der Waals surface area contributed by atoms with E-state index in [1.807, 2.05) is 14.0 Å². The number of aromatic hydroxyl groups is 2. The van der Waals surface area contributed by atoms with Crippen LogP contribution in [0.25, 0.3) is 0 Å². The number of rotatable bonds is 4. The molecule has 1 saturated heterocycles.